The molecule has 1 aliphatic carbocycles. The van der Waals surface area contributed by atoms with Crippen molar-refractivity contribution >= 4 is 6.16 Å². The summed E-state index contributed by atoms with van der Waals surface area (Å²) in [6, 6.07) is 0. The highest BCUT2D eigenvalue weighted by molar-refractivity contribution is 5.53. The van der Waals surface area contributed by atoms with Gasteiger partial charge < -0.3 is 10.2 Å². The molecule has 1 aromatic heterocycles. The first-order chi connectivity index (χ1) is 10.1. The lowest BCUT2D eigenvalue weighted by molar-refractivity contribution is 0.137. The standard InChI is InChI=1S/C15H24N2.CH2O3/c1-2-3-5-8-13-11-16-15(17-12-13)14-9-6-4-7-10-14;2-1(3)4/h11-12,14H,2-10H2,1H3;(H2,2,3,4). The van der Waals surface area contributed by atoms with E-state index in [-0.39, 0.29) is 0 Å². The van der Waals surface area contributed by atoms with Crippen molar-refractivity contribution in [1.29, 1.82) is 0 Å². The van der Waals surface area contributed by atoms with Crippen LogP contribution in [0.2, 0.25) is 0 Å². The van der Waals surface area contributed by atoms with Gasteiger partial charge in [0.15, 0.2) is 0 Å². The van der Waals surface area contributed by atoms with Gasteiger partial charge in [0, 0.05) is 18.3 Å². The fourth-order valence-corrected chi connectivity index (χ4v) is 2.64. The SMILES string of the molecule is CCCCCc1cnc(C2CCCCC2)nc1.O=C(O)O. The van der Waals surface area contributed by atoms with E-state index in [1.807, 2.05) is 12.4 Å². The molecule has 0 saturated heterocycles. The summed E-state index contributed by atoms with van der Waals surface area (Å²) in [4.78, 5) is 17.7. The molecule has 1 heterocycles. The van der Waals surface area contributed by atoms with Gasteiger partial charge in [-0.15, -0.1) is 0 Å². The van der Waals surface area contributed by atoms with Crippen LogP contribution in [0.25, 0.3) is 0 Å². The number of hydrogen-bond acceptors (Lipinski definition) is 3. The minimum absolute atomic E-state index is 0.633. The first-order valence-electron chi connectivity index (χ1n) is 7.86. The Morgan fingerprint density at radius 1 is 1.14 bits per heavy atom. The van der Waals surface area contributed by atoms with E-state index in [2.05, 4.69) is 16.9 Å². The molecule has 0 spiro atoms. The smallest absolute Gasteiger partial charge is 0.450 e. The van der Waals surface area contributed by atoms with Gasteiger partial charge in [0.25, 0.3) is 0 Å². The highest BCUT2D eigenvalue weighted by Crippen LogP contribution is 2.30. The summed E-state index contributed by atoms with van der Waals surface area (Å²) >= 11 is 0. The van der Waals surface area contributed by atoms with E-state index in [1.54, 1.807) is 0 Å². The maximum atomic E-state index is 8.56. The highest BCUT2D eigenvalue weighted by atomic mass is 16.6. The largest absolute Gasteiger partial charge is 0.503 e. The molecule has 1 aromatic rings. The fourth-order valence-electron chi connectivity index (χ4n) is 2.64. The van der Waals surface area contributed by atoms with Crippen LogP contribution in [0.4, 0.5) is 4.79 Å². The molecule has 5 heteroatoms. The summed E-state index contributed by atoms with van der Waals surface area (Å²) in [5.74, 6) is 1.72. The molecule has 0 aromatic carbocycles. The van der Waals surface area contributed by atoms with Crippen LogP contribution in [0, 0.1) is 0 Å². The number of aryl methyl sites for hydroxylation is 1. The van der Waals surface area contributed by atoms with Crippen molar-refractivity contribution in [3.63, 3.8) is 0 Å². The molecular weight excluding hydrogens is 268 g/mol. The topological polar surface area (TPSA) is 83.3 Å². The zero-order valence-corrected chi connectivity index (χ0v) is 12.8. The lowest BCUT2D eigenvalue weighted by atomic mass is 9.89. The molecule has 0 amide bonds. The predicted molar refractivity (Wildman–Crippen MR) is 81.7 cm³/mol. The second-order valence-electron chi connectivity index (χ2n) is 5.52. The summed E-state index contributed by atoms with van der Waals surface area (Å²) in [5.41, 5.74) is 1.30. The van der Waals surface area contributed by atoms with Crippen molar-refractivity contribution in [2.45, 2.75) is 70.6 Å². The molecule has 1 aliphatic rings. The van der Waals surface area contributed by atoms with E-state index in [9.17, 15) is 0 Å². The molecule has 1 saturated carbocycles. The van der Waals surface area contributed by atoms with Crippen LogP contribution in [-0.4, -0.2) is 26.3 Å². The van der Waals surface area contributed by atoms with Gasteiger partial charge in [-0.2, -0.15) is 0 Å². The Balaban J connectivity index is 0.000000491. The van der Waals surface area contributed by atoms with Gasteiger partial charge in [-0.05, 0) is 31.2 Å². The normalized spacial score (nSPS) is 15.1. The highest BCUT2D eigenvalue weighted by Gasteiger charge is 2.17. The van der Waals surface area contributed by atoms with Crippen molar-refractivity contribution in [2.24, 2.45) is 0 Å². The van der Waals surface area contributed by atoms with E-state index in [0.29, 0.717) is 5.92 Å². The molecule has 0 unspecified atom stereocenters. The molecule has 2 N–H and O–H groups in total. The average Bonchev–Trinajstić information content (AvgIpc) is 2.49. The van der Waals surface area contributed by atoms with Gasteiger partial charge in [-0.1, -0.05) is 39.0 Å². The van der Waals surface area contributed by atoms with Gasteiger partial charge in [0.05, 0.1) is 0 Å². The van der Waals surface area contributed by atoms with Crippen molar-refractivity contribution in [2.75, 3.05) is 0 Å². The Morgan fingerprint density at radius 2 is 1.71 bits per heavy atom. The number of unbranched alkanes of at least 4 members (excludes halogenated alkanes) is 2. The summed E-state index contributed by atoms with van der Waals surface area (Å²) in [6.45, 7) is 2.24. The molecule has 1 fully saturated rings. The Kier molecular flexibility index (Phi) is 8.40. The Labute approximate surface area is 126 Å². The minimum Gasteiger partial charge on any atom is -0.450 e. The lowest BCUT2D eigenvalue weighted by Gasteiger charge is -2.19. The van der Waals surface area contributed by atoms with Crippen LogP contribution in [0.3, 0.4) is 0 Å². The van der Waals surface area contributed by atoms with Gasteiger partial charge in [-0.25, -0.2) is 14.8 Å². The van der Waals surface area contributed by atoms with Crippen molar-refractivity contribution in [1.82, 2.24) is 9.97 Å². The molecule has 21 heavy (non-hydrogen) atoms. The molecule has 2 rings (SSSR count). The van der Waals surface area contributed by atoms with Crippen LogP contribution in [-0.2, 0) is 6.42 Å². The van der Waals surface area contributed by atoms with Gasteiger partial charge in [0.1, 0.15) is 5.82 Å². The lowest BCUT2D eigenvalue weighted by Crippen LogP contribution is -2.08. The van der Waals surface area contributed by atoms with E-state index in [1.165, 1.54) is 56.9 Å². The molecular formula is C16H26N2O3. The van der Waals surface area contributed by atoms with Gasteiger partial charge >= 0.3 is 6.16 Å². The van der Waals surface area contributed by atoms with Gasteiger partial charge in [0.2, 0.25) is 0 Å². The number of carboxylic acid groups (broad SMARTS) is 2. The first-order valence-corrected chi connectivity index (χ1v) is 7.86. The van der Waals surface area contributed by atoms with Crippen LogP contribution < -0.4 is 0 Å². The van der Waals surface area contributed by atoms with Crippen molar-refractivity contribution in [3.05, 3.63) is 23.8 Å². The average molecular weight is 294 g/mol. The Morgan fingerprint density at radius 3 is 2.24 bits per heavy atom. The third-order valence-electron chi connectivity index (χ3n) is 3.76. The van der Waals surface area contributed by atoms with Crippen LogP contribution in [0.1, 0.15) is 75.6 Å². The summed E-state index contributed by atoms with van der Waals surface area (Å²) in [7, 11) is 0. The number of carbonyl (C=O) groups is 1. The maximum absolute atomic E-state index is 8.56. The second-order valence-corrected chi connectivity index (χ2v) is 5.52. The second kappa shape index (κ2) is 10.1. The molecule has 5 nitrogen and oxygen atoms in total. The van der Waals surface area contributed by atoms with Crippen LogP contribution in [0.5, 0.6) is 0 Å². The number of aromatic nitrogens is 2. The predicted octanol–water partition coefficient (Wildman–Crippen LogP) is 4.48. The van der Waals surface area contributed by atoms with Crippen LogP contribution >= 0.6 is 0 Å². The first kappa shape index (κ1) is 17.4. The monoisotopic (exact) mass is 294 g/mol. The third kappa shape index (κ3) is 7.63. The Hall–Kier alpha value is -1.65. The zero-order chi connectivity index (χ0) is 15.5. The molecule has 118 valence electrons. The number of hydrogen-bond donors (Lipinski definition) is 2. The minimum atomic E-state index is -1.83. The number of rotatable bonds is 5. The van der Waals surface area contributed by atoms with Gasteiger partial charge in [-0.3, -0.25) is 0 Å². The fraction of sp³-hybridized carbons (Fsp3) is 0.688. The summed E-state index contributed by atoms with van der Waals surface area (Å²) in [5, 5.41) is 13.9. The van der Waals surface area contributed by atoms with E-state index in [0.717, 1.165) is 12.2 Å². The van der Waals surface area contributed by atoms with E-state index >= 15 is 0 Å². The Bertz CT molecular complexity index is 396. The van der Waals surface area contributed by atoms with Crippen molar-refractivity contribution in [3.8, 4) is 0 Å². The molecule has 0 atom stereocenters. The van der Waals surface area contributed by atoms with Crippen molar-refractivity contribution < 1.29 is 15.0 Å². The van der Waals surface area contributed by atoms with E-state index < -0.39 is 6.16 Å². The summed E-state index contributed by atoms with van der Waals surface area (Å²) < 4.78 is 0. The number of nitrogens with zero attached hydrogens (tertiary/aromatic N) is 2. The molecule has 0 bridgehead atoms. The van der Waals surface area contributed by atoms with E-state index in [4.69, 9.17) is 15.0 Å². The zero-order valence-electron chi connectivity index (χ0n) is 12.8. The van der Waals surface area contributed by atoms with Crippen LogP contribution in [0.15, 0.2) is 12.4 Å². The third-order valence-corrected chi connectivity index (χ3v) is 3.76. The molecule has 0 radical (unpaired) electrons. The maximum Gasteiger partial charge on any atom is 0.503 e. The molecule has 0 aliphatic heterocycles. The summed E-state index contributed by atoms with van der Waals surface area (Å²) in [6.07, 6.45) is 13.9. The quantitative estimate of drug-likeness (QED) is 0.782.